The number of benzene rings is 2. The normalized spacial score (nSPS) is 11.0. The molecular weight excluding hydrogens is 349 g/mol. The number of rotatable bonds is 6. The van der Waals surface area contributed by atoms with Gasteiger partial charge >= 0.3 is 12.4 Å². The van der Waals surface area contributed by atoms with Crippen LogP contribution in [-0.2, 0) is 0 Å². The highest BCUT2D eigenvalue weighted by Crippen LogP contribution is 2.24. The summed E-state index contributed by atoms with van der Waals surface area (Å²) in [4.78, 5) is 13.5. The lowest BCUT2D eigenvalue weighted by Gasteiger charge is -2.18. The Morgan fingerprint density at radius 2 is 1.62 bits per heavy atom. The van der Waals surface area contributed by atoms with E-state index in [2.05, 4.69) is 10.1 Å². The van der Waals surface area contributed by atoms with Crippen molar-refractivity contribution in [2.75, 3.05) is 25.5 Å². The number of anilines is 1. The molecule has 0 aliphatic carbocycles. The van der Waals surface area contributed by atoms with E-state index in [9.17, 15) is 18.0 Å². The number of carbonyl (C=O) groups is 1. The summed E-state index contributed by atoms with van der Waals surface area (Å²) in [6.45, 7) is 2.63. The maximum Gasteiger partial charge on any atom is 0.573 e. The molecule has 0 saturated heterocycles. The van der Waals surface area contributed by atoms with Crippen LogP contribution < -0.4 is 14.8 Å². The first-order valence-corrected chi connectivity index (χ1v) is 7.80. The number of amides is 2. The second-order valence-electron chi connectivity index (χ2n) is 5.59. The molecule has 2 amide bonds. The predicted molar refractivity (Wildman–Crippen MR) is 91.4 cm³/mol. The number of hydrogen-bond acceptors (Lipinski definition) is 3. The summed E-state index contributed by atoms with van der Waals surface area (Å²) in [6.07, 6.45) is -4.75. The number of carbonyl (C=O) groups excluding carboxylic acids is 1. The average molecular weight is 368 g/mol. The Kier molecular flexibility index (Phi) is 6.32. The molecular formula is C18H19F3N2O3. The Hall–Kier alpha value is -2.90. The van der Waals surface area contributed by atoms with Gasteiger partial charge < -0.3 is 19.7 Å². The molecule has 1 N–H and O–H groups in total. The van der Waals surface area contributed by atoms with Crippen molar-refractivity contribution in [2.24, 2.45) is 0 Å². The largest absolute Gasteiger partial charge is 0.573 e. The minimum absolute atomic E-state index is 0.311. The molecule has 2 rings (SSSR count). The summed E-state index contributed by atoms with van der Waals surface area (Å²) < 4.78 is 45.6. The molecule has 0 bridgehead atoms. The molecule has 8 heteroatoms. The summed E-state index contributed by atoms with van der Waals surface area (Å²) in [5.74, 6) is 0.361. The van der Waals surface area contributed by atoms with Crippen molar-refractivity contribution < 1.29 is 27.4 Å². The molecule has 0 radical (unpaired) electrons. The fraction of sp³-hybridized carbons (Fsp3) is 0.278. The quantitative estimate of drug-likeness (QED) is 0.820. The maximum absolute atomic E-state index is 12.1. The molecule has 0 aliphatic heterocycles. The number of alkyl halides is 3. The zero-order valence-corrected chi connectivity index (χ0v) is 14.3. The average Bonchev–Trinajstić information content (AvgIpc) is 2.57. The number of nitrogens with zero attached hydrogens (tertiary/aromatic N) is 1. The third kappa shape index (κ3) is 6.54. The van der Waals surface area contributed by atoms with Crippen LogP contribution in [0.3, 0.4) is 0 Å². The smallest absolute Gasteiger partial charge is 0.492 e. The van der Waals surface area contributed by atoms with Gasteiger partial charge in [0.1, 0.15) is 18.1 Å². The maximum atomic E-state index is 12.1. The van der Waals surface area contributed by atoms with E-state index in [1.54, 1.807) is 7.05 Å². The number of ether oxygens (including phenoxy) is 2. The van der Waals surface area contributed by atoms with Crippen LogP contribution in [0.1, 0.15) is 5.56 Å². The molecule has 0 spiro atoms. The van der Waals surface area contributed by atoms with Crippen LogP contribution in [0.25, 0.3) is 0 Å². The van der Waals surface area contributed by atoms with E-state index in [4.69, 9.17) is 4.74 Å². The van der Waals surface area contributed by atoms with Gasteiger partial charge in [-0.1, -0.05) is 17.7 Å². The summed E-state index contributed by atoms with van der Waals surface area (Å²) in [7, 11) is 1.59. The zero-order chi connectivity index (χ0) is 19.2. The van der Waals surface area contributed by atoms with Crippen LogP contribution in [0.4, 0.5) is 23.7 Å². The van der Waals surface area contributed by atoms with Crippen molar-refractivity contribution in [3.05, 3.63) is 54.1 Å². The summed E-state index contributed by atoms with van der Waals surface area (Å²) in [5.41, 5.74) is 1.48. The van der Waals surface area contributed by atoms with Gasteiger partial charge in [-0.15, -0.1) is 13.2 Å². The van der Waals surface area contributed by atoms with Gasteiger partial charge in [0, 0.05) is 12.7 Å². The van der Waals surface area contributed by atoms with Crippen molar-refractivity contribution in [2.45, 2.75) is 13.3 Å². The highest BCUT2D eigenvalue weighted by atomic mass is 19.4. The van der Waals surface area contributed by atoms with E-state index in [1.807, 2.05) is 31.2 Å². The lowest BCUT2D eigenvalue weighted by atomic mass is 10.2. The van der Waals surface area contributed by atoms with Crippen molar-refractivity contribution in [1.29, 1.82) is 0 Å². The SMILES string of the molecule is Cc1ccc(OCCN(C)C(=O)Nc2ccc(OC(F)(F)F)cc2)cc1. The highest BCUT2D eigenvalue weighted by Gasteiger charge is 2.30. The lowest BCUT2D eigenvalue weighted by molar-refractivity contribution is -0.274. The Morgan fingerprint density at radius 3 is 2.19 bits per heavy atom. The van der Waals surface area contributed by atoms with E-state index >= 15 is 0 Å². The van der Waals surface area contributed by atoms with Crippen molar-refractivity contribution in [3.63, 3.8) is 0 Å². The van der Waals surface area contributed by atoms with Crippen LogP contribution >= 0.6 is 0 Å². The summed E-state index contributed by atoms with van der Waals surface area (Å²) in [6, 6.07) is 12.1. The van der Waals surface area contributed by atoms with Gasteiger partial charge in [-0.2, -0.15) is 0 Å². The molecule has 26 heavy (non-hydrogen) atoms. The minimum atomic E-state index is -4.75. The number of urea groups is 1. The molecule has 0 aliphatic rings. The van der Waals surface area contributed by atoms with E-state index in [1.165, 1.54) is 17.0 Å². The standard InChI is InChI=1S/C18H19F3N2O3/c1-13-3-7-15(8-4-13)25-12-11-23(2)17(24)22-14-5-9-16(10-6-14)26-18(19,20)21/h3-10H,11-12H2,1-2H3,(H,22,24). The Bertz CT molecular complexity index is 716. The topological polar surface area (TPSA) is 50.8 Å². The lowest BCUT2D eigenvalue weighted by Crippen LogP contribution is -2.34. The van der Waals surface area contributed by atoms with E-state index < -0.39 is 12.4 Å². The molecule has 2 aromatic carbocycles. The Balaban J connectivity index is 1.78. The first-order chi connectivity index (χ1) is 12.2. The van der Waals surface area contributed by atoms with Gasteiger partial charge in [0.2, 0.25) is 0 Å². The van der Waals surface area contributed by atoms with Gasteiger partial charge in [-0.25, -0.2) is 4.79 Å². The van der Waals surface area contributed by atoms with Gasteiger partial charge in [-0.3, -0.25) is 0 Å². The predicted octanol–water partition coefficient (Wildman–Crippen LogP) is 4.44. The molecule has 2 aromatic rings. The number of hydrogen-bond donors (Lipinski definition) is 1. The van der Waals surface area contributed by atoms with Gasteiger partial charge in [0.25, 0.3) is 0 Å². The number of likely N-dealkylation sites (N-methyl/N-ethyl adjacent to an activating group) is 1. The van der Waals surface area contributed by atoms with Crippen molar-refractivity contribution in [1.82, 2.24) is 4.90 Å². The second kappa shape index (κ2) is 8.46. The Morgan fingerprint density at radius 1 is 1.04 bits per heavy atom. The van der Waals surface area contributed by atoms with E-state index in [-0.39, 0.29) is 5.75 Å². The molecule has 140 valence electrons. The molecule has 0 atom stereocenters. The zero-order valence-electron chi connectivity index (χ0n) is 14.3. The molecule has 0 heterocycles. The molecule has 0 saturated carbocycles. The highest BCUT2D eigenvalue weighted by molar-refractivity contribution is 5.89. The molecule has 0 unspecified atom stereocenters. The second-order valence-corrected chi connectivity index (χ2v) is 5.59. The van der Waals surface area contributed by atoms with Crippen LogP contribution in [0.5, 0.6) is 11.5 Å². The third-order valence-corrected chi connectivity index (χ3v) is 3.40. The molecule has 5 nitrogen and oxygen atoms in total. The Labute approximate surface area is 149 Å². The monoisotopic (exact) mass is 368 g/mol. The third-order valence-electron chi connectivity index (χ3n) is 3.40. The number of aryl methyl sites for hydroxylation is 1. The van der Waals surface area contributed by atoms with E-state index in [0.717, 1.165) is 17.7 Å². The summed E-state index contributed by atoms with van der Waals surface area (Å²) >= 11 is 0. The minimum Gasteiger partial charge on any atom is -0.492 e. The van der Waals surface area contributed by atoms with E-state index in [0.29, 0.717) is 24.6 Å². The van der Waals surface area contributed by atoms with Gasteiger partial charge in [0.05, 0.1) is 6.54 Å². The van der Waals surface area contributed by atoms with Crippen molar-refractivity contribution in [3.8, 4) is 11.5 Å². The molecule has 0 fully saturated rings. The first-order valence-electron chi connectivity index (χ1n) is 7.80. The molecule has 0 aromatic heterocycles. The van der Waals surface area contributed by atoms with Gasteiger partial charge in [-0.05, 0) is 43.3 Å². The van der Waals surface area contributed by atoms with Crippen molar-refractivity contribution >= 4 is 11.7 Å². The van der Waals surface area contributed by atoms with Crippen LogP contribution in [-0.4, -0.2) is 37.5 Å². The number of halogens is 3. The number of nitrogens with one attached hydrogen (secondary N) is 1. The van der Waals surface area contributed by atoms with Crippen LogP contribution in [0.2, 0.25) is 0 Å². The van der Waals surface area contributed by atoms with Crippen LogP contribution in [0, 0.1) is 6.92 Å². The first kappa shape index (κ1) is 19.4. The summed E-state index contributed by atoms with van der Waals surface area (Å²) in [5, 5.41) is 2.58. The van der Waals surface area contributed by atoms with Crippen LogP contribution in [0.15, 0.2) is 48.5 Å². The fourth-order valence-electron chi connectivity index (χ4n) is 2.00. The fourth-order valence-corrected chi connectivity index (χ4v) is 2.00. The van der Waals surface area contributed by atoms with Gasteiger partial charge in [0.15, 0.2) is 0 Å².